The van der Waals surface area contributed by atoms with Crippen molar-refractivity contribution >= 4 is 5.91 Å². The molecule has 0 fully saturated rings. The van der Waals surface area contributed by atoms with E-state index in [9.17, 15) is 4.79 Å². The minimum atomic E-state index is -0.0405. The number of amides is 1. The quantitative estimate of drug-likeness (QED) is 0.742. The summed E-state index contributed by atoms with van der Waals surface area (Å²) in [5.41, 5.74) is 4.49. The molecule has 1 aromatic rings. The van der Waals surface area contributed by atoms with Gasteiger partial charge in [0, 0.05) is 18.2 Å². The summed E-state index contributed by atoms with van der Waals surface area (Å²) in [7, 11) is 1.57. The third-order valence-corrected chi connectivity index (χ3v) is 2.06. The largest absolute Gasteiger partial charge is 0.350 e. The monoisotopic (exact) mass is 222 g/mol. The second-order valence-electron chi connectivity index (χ2n) is 3.85. The van der Waals surface area contributed by atoms with Crippen molar-refractivity contribution in [3.63, 3.8) is 0 Å². The van der Waals surface area contributed by atoms with Crippen LogP contribution in [0.4, 0.5) is 0 Å². The van der Waals surface area contributed by atoms with Gasteiger partial charge in [-0.2, -0.15) is 5.48 Å². The minimum Gasteiger partial charge on any atom is -0.350 e. The van der Waals surface area contributed by atoms with Crippen molar-refractivity contribution in [2.24, 2.45) is 0 Å². The Balaban J connectivity index is 2.60. The van der Waals surface area contributed by atoms with Crippen LogP contribution in [0.2, 0.25) is 0 Å². The van der Waals surface area contributed by atoms with Crippen molar-refractivity contribution in [1.29, 1.82) is 0 Å². The lowest BCUT2D eigenvalue weighted by molar-refractivity contribution is 0.0867. The second-order valence-corrected chi connectivity index (χ2v) is 3.85. The number of carbonyl (C=O) groups excluding carboxylic acids is 1. The van der Waals surface area contributed by atoms with Crippen molar-refractivity contribution in [3.05, 3.63) is 35.4 Å². The first-order valence-electron chi connectivity index (χ1n) is 5.29. The van der Waals surface area contributed by atoms with Crippen molar-refractivity contribution in [1.82, 2.24) is 10.8 Å². The predicted octanol–water partition coefficient (Wildman–Crippen LogP) is 1.48. The SMILES string of the molecule is CONCc1ccc(C(=O)NC(C)C)cc1. The zero-order chi connectivity index (χ0) is 12.0. The molecule has 0 radical (unpaired) electrons. The van der Waals surface area contributed by atoms with Gasteiger partial charge in [0.15, 0.2) is 0 Å². The summed E-state index contributed by atoms with van der Waals surface area (Å²) >= 11 is 0. The molecule has 0 aliphatic carbocycles. The molecule has 0 saturated carbocycles. The van der Waals surface area contributed by atoms with Crippen LogP contribution in [-0.4, -0.2) is 19.1 Å². The van der Waals surface area contributed by atoms with Gasteiger partial charge in [-0.05, 0) is 31.5 Å². The summed E-state index contributed by atoms with van der Waals surface area (Å²) < 4.78 is 0. The molecule has 0 heterocycles. The molecule has 0 bridgehead atoms. The fourth-order valence-corrected chi connectivity index (χ4v) is 1.27. The molecule has 1 rings (SSSR count). The molecule has 0 aliphatic rings. The highest BCUT2D eigenvalue weighted by molar-refractivity contribution is 5.94. The number of hydroxylamine groups is 1. The summed E-state index contributed by atoms with van der Waals surface area (Å²) in [6.45, 7) is 4.51. The third kappa shape index (κ3) is 4.00. The van der Waals surface area contributed by atoms with Gasteiger partial charge in [0.1, 0.15) is 0 Å². The number of hydrogen-bond donors (Lipinski definition) is 2. The topological polar surface area (TPSA) is 50.4 Å². The van der Waals surface area contributed by atoms with Crippen LogP contribution in [0.1, 0.15) is 29.8 Å². The summed E-state index contributed by atoms with van der Waals surface area (Å²) in [5, 5.41) is 2.84. The zero-order valence-electron chi connectivity index (χ0n) is 9.91. The molecule has 0 unspecified atom stereocenters. The highest BCUT2D eigenvalue weighted by Gasteiger charge is 2.05. The minimum absolute atomic E-state index is 0.0405. The van der Waals surface area contributed by atoms with E-state index in [0.29, 0.717) is 12.1 Å². The predicted molar refractivity (Wildman–Crippen MR) is 62.9 cm³/mol. The number of hydrogen-bond acceptors (Lipinski definition) is 3. The fourth-order valence-electron chi connectivity index (χ4n) is 1.27. The molecule has 1 aromatic carbocycles. The number of carbonyl (C=O) groups is 1. The average molecular weight is 222 g/mol. The van der Waals surface area contributed by atoms with E-state index in [1.807, 2.05) is 38.1 Å². The van der Waals surface area contributed by atoms with Crippen LogP contribution in [0, 0.1) is 0 Å². The Morgan fingerprint density at radius 3 is 2.44 bits per heavy atom. The van der Waals surface area contributed by atoms with E-state index in [2.05, 4.69) is 10.8 Å². The number of nitrogens with one attached hydrogen (secondary N) is 2. The first-order valence-corrected chi connectivity index (χ1v) is 5.29. The Morgan fingerprint density at radius 2 is 1.94 bits per heavy atom. The van der Waals surface area contributed by atoms with E-state index in [-0.39, 0.29) is 11.9 Å². The van der Waals surface area contributed by atoms with E-state index in [1.165, 1.54) is 0 Å². The van der Waals surface area contributed by atoms with E-state index in [1.54, 1.807) is 7.11 Å². The normalized spacial score (nSPS) is 10.5. The molecule has 0 aromatic heterocycles. The summed E-state index contributed by atoms with van der Waals surface area (Å²) in [5.74, 6) is -0.0405. The van der Waals surface area contributed by atoms with Gasteiger partial charge >= 0.3 is 0 Å². The Labute approximate surface area is 95.9 Å². The summed E-state index contributed by atoms with van der Waals surface area (Å²) in [6.07, 6.45) is 0. The van der Waals surface area contributed by atoms with Gasteiger partial charge in [-0.15, -0.1) is 0 Å². The standard InChI is InChI=1S/C12H18N2O2/c1-9(2)14-12(15)11-6-4-10(5-7-11)8-13-16-3/h4-7,9,13H,8H2,1-3H3,(H,14,15). The van der Waals surface area contributed by atoms with Crippen LogP contribution in [0.5, 0.6) is 0 Å². The Morgan fingerprint density at radius 1 is 1.31 bits per heavy atom. The van der Waals surface area contributed by atoms with E-state index < -0.39 is 0 Å². The maximum absolute atomic E-state index is 11.6. The smallest absolute Gasteiger partial charge is 0.251 e. The molecule has 0 spiro atoms. The highest BCUT2D eigenvalue weighted by Crippen LogP contribution is 2.04. The van der Waals surface area contributed by atoms with Crippen LogP contribution in [0.15, 0.2) is 24.3 Å². The molecule has 88 valence electrons. The van der Waals surface area contributed by atoms with Crippen LogP contribution >= 0.6 is 0 Å². The van der Waals surface area contributed by atoms with Crippen LogP contribution in [0.3, 0.4) is 0 Å². The van der Waals surface area contributed by atoms with Crippen molar-refractivity contribution in [3.8, 4) is 0 Å². The molecule has 4 heteroatoms. The maximum atomic E-state index is 11.6. The van der Waals surface area contributed by atoms with Crippen molar-refractivity contribution in [2.45, 2.75) is 26.4 Å². The van der Waals surface area contributed by atoms with Gasteiger partial charge in [0.25, 0.3) is 5.91 Å². The van der Waals surface area contributed by atoms with Gasteiger partial charge in [-0.25, -0.2) is 0 Å². The fraction of sp³-hybridized carbons (Fsp3) is 0.417. The van der Waals surface area contributed by atoms with Gasteiger partial charge < -0.3 is 10.2 Å². The van der Waals surface area contributed by atoms with Crippen molar-refractivity contribution < 1.29 is 9.63 Å². The molecule has 2 N–H and O–H groups in total. The molecular formula is C12H18N2O2. The van der Waals surface area contributed by atoms with Gasteiger partial charge in [0.2, 0.25) is 0 Å². The maximum Gasteiger partial charge on any atom is 0.251 e. The third-order valence-electron chi connectivity index (χ3n) is 2.06. The Bertz CT molecular complexity index is 333. The lowest BCUT2D eigenvalue weighted by Crippen LogP contribution is -2.30. The Kier molecular flexibility index (Phi) is 4.95. The molecule has 0 saturated heterocycles. The molecular weight excluding hydrogens is 204 g/mol. The van der Waals surface area contributed by atoms with E-state index >= 15 is 0 Å². The lowest BCUT2D eigenvalue weighted by atomic mass is 10.1. The van der Waals surface area contributed by atoms with Crippen LogP contribution in [-0.2, 0) is 11.4 Å². The second kappa shape index (κ2) is 6.25. The highest BCUT2D eigenvalue weighted by atomic mass is 16.6. The summed E-state index contributed by atoms with van der Waals surface area (Å²) in [6, 6.07) is 7.58. The van der Waals surface area contributed by atoms with Crippen LogP contribution < -0.4 is 10.8 Å². The summed E-state index contributed by atoms with van der Waals surface area (Å²) in [4.78, 5) is 16.4. The average Bonchev–Trinajstić information content (AvgIpc) is 2.26. The van der Waals surface area contributed by atoms with Gasteiger partial charge in [-0.3, -0.25) is 4.79 Å². The molecule has 0 aliphatic heterocycles. The zero-order valence-corrected chi connectivity index (χ0v) is 9.91. The van der Waals surface area contributed by atoms with Crippen LogP contribution in [0.25, 0.3) is 0 Å². The molecule has 1 amide bonds. The van der Waals surface area contributed by atoms with Gasteiger partial charge in [-0.1, -0.05) is 12.1 Å². The molecule has 4 nitrogen and oxygen atoms in total. The Hall–Kier alpha value is -1.39. The van der Waals surface area contributed by atoms with E-state index in [0.717, 1.165) is 5.56 Å². The first-order chi connectivity index (χ1) is 7.63. The number of rotatable bonds is 5. The van der Waals surface area contributed by atoms with E-state index in [4.69, 9.17) is 4.84 Å². The first kappa shape index (κ1) is 12.7. The molecule has 0 atom stereocenters. The number of benzene rings is 1. The van der Waals surface area contributed by atoms with Gasteiger partial charge in [0.05, 0.1) is 7.11 Å². The lowest BCUT2D eigenvalue weighted by Gasteiger charge is -2.08. The van der Waals surface area contributed by atoms with Crippen molar-refractivity contribution in [2.75, 3.05) is 7.11 Å². The molecule has 16 heavy (non-hydrogen) atoms.